The standard InChI is InChI=1S/C50H72N6O24P2S4/c1-49(2)36-31-34(85(71,72)73)18-20-38(36)54(26-14-30-84(68,69)70)41(49)15-13-16-42-50(3,23-8-12-29-83(65,66)67)37-32-35(86(74,75)76)19-21-39(37)55(42)25-10-6-7-17-44(57)52-24-9-4-5-11-28-77-82(63,64)80-46-40(33-78-81(60,61)62)79-47(45(46)58)56-27-22-43(51)53-48(56)59/h13,15-16,18-22,27,31-32,40,45-47,58H,4-12,14,17,23-26,28-30,33H2,1-3H3,(H9-,51,52,53,57,59,60,61,62,63,64,65,66,67,68,69,70,71,72,73,74,75,76)/t40-,45-,46-,47-,50?/m1/s1. The van der Waals surface area contributed by atoms with Crippen molar-refractivity contribution in [1.29, 1.82) is 0 Å². The van der Waals surface area contributed by atoms with Crippen LogP contribution in [0.15, 0.2) is 87.2 Å². The summed E-state index contributed by atoms with van der Waals surface area (Å²) in [7, 11) is -28.4. The number of unbranched alkanes of at least 4 members (excludes halogenated alkanes) is 6. The van der Waals surface area contributed by atoms with Crippen LogP contribution in [0.3, 0.4) is 0 Å². The van der Waals surface area contributed by atoms with Gasteiger partial charge in [0.05, 0.1) is 39.9 Å². The number of aliphatic hydroxyl groups excluding tert-OH is 1. The number of aliphatic hydroxyl groups is 1. The van der Waals surface area contributed by atoms with E-state index in [1.54, 1.807) is 43.6 Å². The second-order valence-electron chi connectivity index (χ2n) is 21.6. The molecule has 3 aliphatic rings. The maximum atomic E-state index is 12.9. The number of hydrogen-bond acceptors (Lipinski definition) is 21. The molecule has 1 aromatic heterocycles. The van der Waals surface area contributed by atoms with Gasteiger partial charge in [0.2, 0.25) is 11.6 Å². The van der Waals surface area contributed by atoms with Crippen molar-refractivity contribution in [1.82, 2.24) is 14.9 Å². The molecule has 36 heteroatoms. The molecule has 2 unspecified atom stereocenters. The molecule has 1 saturated heterocycles. The van der Waals surface area contributed by atoms with Crippen molar-refractivity contribution in [3.8, 4) is 0 Å². The molecule has 6 rings (SSSR count). The zero-order chi connectivity index (χ0) is 63.8. The average molecular weight is 1330 g/mol. The van der Waals surface area contributed by atoms with Crippen molar-refractivity contribution in [2.24, 2.45) is 0 Å². The first-order valence-electron chi connectivity index (χ1n) is 27.1. The summed E-state index contributed by atoms with van der Waals surface area (Å²) in [4.78, 5) is 58.8. The highest BCUT2D eigenvalue weighted by molar-refractivity contribution is 7.86. The number of amides is 1. The molecule has 0 bridgehead atoms. The van der Waals surface area contributed by atoms with Gasteiger partial charge in [-0.1, -0.05) is 31.8 Å². The normalized spacial score (nSPS) is 22.0. The molecule has 0 aliphatic carbocycles. The van der Waals surface area contributed by atoms with Gasteiger partial charge in [-0.2, -0.15) is 34.8 Å². The largest absolute Gasteiger partial charge is 0.744 e. The number of carbonyl (C=O) groups excluding carboxylic acids is 1. The predicted octanol–water partition coefficient (Wildman–Crippen LogP) is 3.71. The van der Waals surface area contributed by atoms with Crippen molar-refractivity contribution in [3.63, 3.8) is 0 Å². The Morgan fingerprint density at radius 3 is 2.15 bits per heavy atom. The maximum Gasteiger partial charge on any atom is 0.472 e. The summed E-state index contributed by atoms with van der Waals surface area (Å²) in [6, 6.07) is 9.18. The highest BCUT2D eigenvalue weighted by atomic mass is 32.2. The lowest BCUT2D eigenvalue weighted by molar-refractivity contribution is -0.437. The quantitative estimate of drug-likeness (QED) is 0.0182. The summed E-state index contributed by atoms with van der Waals surface area (Å²) in [6.07, 6.45) is 3.36. The Bertz CT molecular complexity index is 3710. The molecule has 3 aliphatic heterocycles. The topological polar surface area (TPSA) is 469 Å². The van der Waals surface area contributed by atoms with Gasteiger partial charge >= 0.3 is 21.3 Å². The molecule has 10 N–H and O–H groups in total. The molecule has 30 nitrogen and oxygen atoms in total. The van der Waals surface area contributed by atoms with Crippen LogP contribution < -0.4 is 21.6 Å². The van der Waals surface area contributed by atoms with Crippen LogP contribution in [-0.4, -0.2) is 160 Å². The van der Waals surface area contributed by atoms with E-state index in [9.17, 15) is 90.4 Å². The van der Waals surface area contributed by atoms with Crippen molar-refractivity contribution in [2.75, 3.05) is 55.0 Å². The summed E-state index contributed by atoms with van der Waals surface area (Å²) < 4.78 is 185. The number of hydrogen-bond donors (Lipinski definition) is 9. The first-order chi connectivity index (χ1) is 39.8. The number of nitrogens with two attached hydrogens (primary N) is 1. The number of fused-ring (bicyclic) bond motifs is 2. The number of aromatic nitrogens is 2. The van der Waals surface area contributed by atoms with Crippen LogP contribution in [0.1, 0.15) is 115 Å². The molecule has 1 fully saturated rings. The zero-order valence-electron chi connectivity index (χ0n) is 47.1. The number of nitrogen functional groups attached to an aromatic ring is 1. The van der Waals surface area contributed by atoms with Gasteiger partial charge in [0.1, 0.15) is 40.8 Å². The molecule has 0 radical (unpaired) electrons. The molecule has 0 saturated carbocycles. The van der Waals surface area contributed by atoms with Crippen LogP contribution in [0.2, 0.25) is 0 Å². The summed E-state index contributed by atoms with van der Waals surface area (Å²) in [5, 5.41) is 13.8. The van der Waals surface area contributed by atoms with Gasteiger partial charge in [-0.25, -0.2) is 22.3 Å². The van der Waals surface area contributed by atoms with Crippen molar-refractivity contribution in [2.45, 2.75) is 143 Å². The fraction of sp³-hybridized carbons (Fsp3) is 0.560. The minimum atomic E-state index is -5.09. The number of nitrogens with zero attached hydrogens (tertiary/aromatic N) is 4. The van der Waals surface area contributed by atoms with Crippen molar-refractivity contribution >= 4 is 84.9 Å². The van der Waals surface area contributed by atoms with Crippen molar-refractivity contribution in [3.05, 3.63) is 94.2 Å². The van der Waals surface area contributed by atoms with Crippen LogP contribution in [0.4, 0.5) is 17.2 Å². The number of allylic oxidation sites excluding steroid dienone is 4. The third kappa shape index (κ3) is 19.2. The van der Waals surface area contributed by atoms with Crippen LogP contribution in [0.25, 0.3) is 0 Å². The van der Waals surface area contributed by atoms with Gasteiger partial charge in [0.25, 0.3) is 30.4 Å². The summed E-state index contributed by atoms with van der Waals surface area (Å²) in [5.41, 5.74) is 5.66. The molecule has 2 aromatic carbocycles. The number of ether oxygens (including phenoxy) is 1. The van der Waals surface area contributed by atoms with E-state index in [1.165, 1.54) is 42.5 Å². The number of carbonyl (C=O) groups is 1. The maximum absolute atomic E-state index is 12.9. The highest BCUT2D eigenvalue weighted by Crippen LogP contribution is 2.52. The van der Waals surface area contributed by atoms with Gasteiger partial charge in [0.15, 0.2) is 11.9 Å². The average Bonchev–Trinajstić information content (AvgIpc) is 1.61. The second-order valence-corrected chi connectivity index (χ2v) is 30.1. The molecule has 3 aromatic rings. The van der Waals surface area contributed by atoms with E-state index in [0.717, 1.165) is 10.8 Å². The van der Waals surface area contributed by atoms with Crippen molar-refractivity contribution < 1.29 is 108 Å². The molecule has 6 atom stereocenters. The Morgan fingerprint density at radius 2 is 1.50 bits per heavy atom. The van der Waals surface area contributed by atoms with E-state index in [0.29, 0.717) is 85.5 Å². The molecular weight excluding hydrogens is 1260 g/mol. The number of phosphoric ester groups is 2. The molecule has 4 heterocycles. The first kappa shape index (κ1) is 70.4. The van der Waals surface area contributed by atoms with Gasteiger partial charge in [-0.15, -0.1) is 0 Å². The number of phosphoric acid groups is 2. The van der Waals surface area contributed by atoms with E-state index in [1.807, 2.05) is 4.90 Å². The fourth-order valence-electron chi connectivity index (χ4n) is 10.6. The molecule has 86 heavy (non-hydrogen) atoms. The number of anilines is 2. The van der Waals surface area contributed by atoms with E-state index in [4.69, 9.17) is 19.5 Å². The van der Waals surface area contributed by atoms with E-state index in [2.05, 4.69) is 14.8 Å². The van der Waals surface area contributed by atoms with E-state index in [-0.39, 0.29) is 68.3 Å². The van der Waals surface area contributed by atoms with Crippen LogP contribution in [0, 0.1) is 0 Å². The Hall–Kier alpha value is -4.68. The smallest absolute Gasteiger partial charge is 0.472 e. The Morgan fingerprint density at radius 1 is 0.849 bits per heavy atom. The Balaban J connectivity index is 1.07. The van der Waals surface area contributed by atoms with Crippen LogP contribution >= 0.6 is 15.6 Å². The number of benzene rings is 2. The van der Waals surface area contributed by atoms with Gasteiger partial charge < -0.3 is 45.0 Å². The van der Waals surface area contributed by atoms with Gasteiger partial charge in [0, 0.05) is 66.6 Å². The Kier molecular flexibility index (Phi) is 23.3. The van der Waals surface area contributed by atoms with E-state index >= 15 is 0 Å². The summed E-state index contributed by atoms with van der Waals surface area (Å²) in [6.45, 7) is 4.84. The minimum Gasteiger partial charge on any atom is -0.744 e. The minimum absolute atomic E-state index is 0.0280. The third-order valence-corrected chi connectivity index (χ3v) is 19.6. The van der Waals surface area contributed by atoms with E-state index < -0.39 is 120 Å². The third-order valence-electron chi connectivity index (χ3n) is 14.8. The van der Waals surface area contributed by atoms with Crippen LogP contribution in [-0.2, 0) is 83.5 Å². The van der Waals surface area contributed by atoms with Gasteiger partial charge in [-0.05, 0) is 107 Å². The molecule has 0 spiro atoms. The SMILES string of the molecule is CC1(C)C(C=CC=C2N(CCCCCC(=O)NCCCCCCOP(=O)(O)O[C@H]3[C@@H](O)[C@H](n4ccc(N)nc4=O)O[C@@H]3COP(=O)(O)O)c3ccc(S(=O)(=O)[O-])cc3C2(C)CCCCS(=O)(=O)O)=[N+](CCCS(=O)(=O)O)c2ccc(S(=O)(=O)O)cc21. The lowest BCUT2D eigenvalue weighted by Gasteiger charge is -2.30. The fourth-order valence-corrected chi connectivity index (χ4v) is 14.0. The predicted molar refractivity (Wildman–Crippen MR) is 308 cm³/mol. The number of nitrogens with one attached hydrogen (secondary N) is 1. The van der Waals surface area contributed by atoms with Gasteiger partial charge in [-0.3, -0.25) is 36.6 Å². The Labute approximate surface area is 498 Å². The molecular formula is C50H72N6O24P2S4. The zero-order valence-corrected chi connectivity index (χ0v) is 52.1. The summed E-state index contributed by atoms with van der Waals surface area (Å²) in [5.74, 6) is -1.52. The molecule has 480 valence electrons. The lowest BCUT2D eigenvalue weighted by atomic mass is 9.77. The molecule has 1 amide bonds. The lowest BCUT2D eigenvalue weighted by Crippen LogP contribution is -2.37. The monoisotopic (exact) mass is 1330 g/mol. The summed E-state index contributed by atoms with van der Waals surface area (Å²) >= 11 is 0. The highest BCUT2D eigenvalue weighted by Gasteiger charge is 2.50. The first-order valence-corrected chi connectivity index (χ1v) is 36.2. The second kappa shape index (κ2) is 28.4. The number of rotatable bonds is 33. The van der Waals surface area contributed by atoms with Crippen LogP contribution in [0.5, 0.6) is 0 Å².